The van der Waals surface area contributed by atoms with Crippen LogP contribution >= 0.6 is 0 Å². The highest BCUT2D eigenvalue weighted by Crippen LogP contribution is 2.30. The standard InChI is InChI=1S/C19H29N3O/c1-19(11-6-12-23-19)14-22-18(20-2)21-13-16-9-5-8-15-7-3-4-10-17(15)16/h3-4,7,10,16H,5-6,8-9,11-14H2,1-2H3,(H2,20,21,22). The number of hydrogen-bond donors (Lipinski definition) is 2. The Kier molecular flexibility index (Phi) is 5.21. The summed E-state index contributed by atoms with van der Waals surface area (Å²) in [4.78, 5) is 4.36. The number of benzene rings is 1. The van der Waals surface area contributed by atoms with Crippen molar-refractivity contribution in [1.82, 2.24) is 10.6 Å². The quantitative estimate of drug-likeness (QED) is 0.663. The van der Waals surface area contributed by atoms with Crippen molar-refractivity contribution >= 4 is 5.96 Å². The molecule has 2 aliphatic rings. The summed E-state index contributed by atoms with van der Waals surface area (Å²) in [6, 6.07) is 8.86. The molecule has 1 aromatic carbocycles. The van der Waals surface area contributed by atoms with Gasteiger partial charge in [-0.3, -0.25) is 4.99 Å². The Morgan fingerprint density at radius 2 is 2.17 bits per heavy atom. The lowest BCUT2D eigenvalue weighted by Gasteiger charge is -2.28. The van der Waals surface area contributed by atoms with E-state index in [4.69, 9.17) is 4.74 Å². The molecular formula is C19H29N3O. The van der Waals surface area contributed by atoms with Crippen LogP contribution in [-0.4, -0.2) is 38.3 Å². The van der Waals surface area contributed by atoms with E-state index >= 15 is 0 Å². The third-order valence-electron chi connectivity index (χ3n) is 5.16. The van der Waals surface area contributed by atoms with E-state index in [1.165, 1.54) is 30.4 Å². The molecule has 1 saturated heterocycles. The number of ether oxygens (including phenoxy) is 1. The third-order valence-corrected chi connectivity index (χ3v) is 5.16. The lowest BCUT2D eigenvalue weighted by Crippen LogP contribution is -2.46. The van der Waals surface area contributed by atoms with Crippen LogP contribution in [0.2, 0.25) is 0 Å². The van der Waals surface area contributed by atoms with Crippen LogP contribution in [0.15, 0.2) is 29.3 Å². The van der Waals surface area contributed by atoms with Gasteiger partial charge in [-0.25, -0.2) is 0 Å². The molecular weight excluding hydrogens is 286 g/mol. The molecule has 126 valence electrons. The Hall–Kier alpha value is -1.55. The van der Waals surface area contributed by atoms with Crippen molar-refractivity contribution in [1.29, 1.82) is 0 Å². The van der Waals surface area contributed by atoms with Crippen LogP contribution < -0.4 is 10.6 Å². The van der Waals surface area contributed by atoms with Gasteiger partial charge in [0, 0.05) is 32.7 Å². The van der Waals surface area contributed by atoms with Crippen LogP contribution in [0.1, 0.15) is 49.7 Å². The Balaban J connectivity index is 1.53. The maximum absolute atomic E-state index is 5.83. The normalized spacial score (nSPS) is 27.6. The molecule has 1 aliphatic carbocycles. The minimum absolute atomic E-state index is 0.0466. The zero-order valence-electron chi connectivity index (χ0n) is 14.4. The molecule has 0 spiro atoms. The Bertz CT molecular complexity index is 549. The highest BCUT2D eigenvalue weighted by molar-refractivity contribution is 5.79. The molecule has 4 heteroatoms. The first-order valence-corrected chi connectivity index (χ1v) is 8.86. The summed E-state index contributed by atoms with van der Waals surface area (Å²) in [7, 11) is 1.84. The highest BCUT2D eigenvalue weighted by Gasteiger charge is 2.29. The average Bonchev–Trinajstić information content (AvgIpc) is 3.02. The fourth-order valence-corrected chi connectivity index (χ4v) is 3.75. The Morgan fingerprint density at radius 1 is 1.30 bits per heavy atom. The van der Waals surface area contributed by atoms with E-state index in [0.29, 0.717) is 5.92 Å². The minimum atomic E-state index is -0.0466. The van der Waals surface area contributed by atoms with Gasteiger partial charge in [0.15, 0.2) is 5.96 Å². The number of aliphatic imine (C=N–C) groups is 1. The summed E-state index contributed by atoms with van der Waals surface area (Å²) in [5.74, 6) is 1.46. The van der Waals surface area contributed by atoms with E-state index in [0.717, 1.165) is 38.5 Å². The van der Waals surface area contributed by atoms with Crippen LogP contribution in [-0.2, 0) is 11.2 Å². The molecule has 0 bridgehead atoms. The monoisotopic (exact) mass is 315 g/mol. The van der Waals surface area contributed by atoms with Crippen LogP contribution in [0, 0.1) is 0 Å². The van der Waals surface area contributed by atoms with Crippen LogP contribution in [0.25, 0.3) is 0 Å². The predicted octanol–water partition coefficient (Wildman–Crippen LogP) is 2.84. The van der Waals surface area contributed by atoms with Crippen LogP contribution in [0.3, 0.4) is 0 Å². The number of fused-ring (bicyclic) bond motifs is 1. The van der Waals surface area contributed by atoms with Crippen molar-refractivity contribution in [3.8, 4) is 0 Å². The fraction of sp³-hybridized carbons (Fsp3) is 0.632. The first kappa shape index (κ1) is 16.3. The van der Waals surface area contributed by atoms with Crippen molar-refractivity contribution in [2.75, 3.05) is 26.7 Å². The van der Waals surface area contributed by atoms with Gasteiger partial charge in [0.2, 0.25) is 0 Å². The van der Waals surface area contributed by atoms with Crippen molar-refractivity contribution in [2.24, 2.45) is 4.99 Å². The topological polar surface area (TPSA) is 45.7 Å². The van der Waals surface area contributed by atoms with Gasteiger partial charge in [0.05, 0.1) is 5.60 Å². The zero-order chi connectivity index (χ0) is 16.1. The summed E-state index contributed by atoms with van der Waals surface area (Å²) in [6.45, 7) is 4.81. The molecule has 0 saturated carbocycles. The van der Waals surface area contributed by atoms with Gasteiger partial charge in [-0.15, -0.1) is 0 Å². The minimum Gasteiger partial charge on any atom is -0.373 e. The maximum Gasteiger partial charge on any atom is 0.191 e. The molecule has 2 unspecified atom stereocenters. The number of nitrogens with zero attached hydrogens (tertiary/aromatic N) is 1. The molecule has 23 heavy (non-hydrogen) atoms. The van der Waals surface area contributed by atoms with Crippen LogP contribution in [0.5, 0.6) is 0 Å². The number of rotatable bonds is 4. The molecule has 1 heterocycles. The molecule has 1 aliphatic heterocycles. The average molecular weight is 315 g/mol. The predicted molar refractivity (Wildman–Crippen MR) is 95.1 cm³/mol. The van der Waals surface area contributed by atoms with E-state index in [9.17, 15) is 0 Å². The highest BCUT2D eigenvalue weighted by atomic mass is 16.5. The maximum atomic E-state index is 5.83. The lowest BCUT2D eigenvalue weighted by atomic mass is 9.83. The summed E-state index contributed by atoms with van der Waals surface area (Å²) in [6.07, 6.45) is 6.02. The molecule has 3 rings (SSSR count). The van der Waals surface area contributed by atoms with E-state index in [-0.39, 0.29) is 5.60 Å². The van der Waals surface area contributed by atoms with Crippen molar-refractivity contribution < 1.29 is 4.74 Å². The summed E-state index contributed by atoms with van der Waals surface area (Å²) < 4.78 is 5.83. The van der Waals surface area contributed by atoms with Gasteiger partial charge in [-0.2, -0.15) is 0 Å². The number of hydrogen-bond acceptors (Lipinski definition) is 2. The van der Waals surface area contributed by atoms with E-state index in [1.54, 1.807) is 0 Å². The fourth-order valence-electron chi connectivity index (χ4n) is 3.75. The Labute approximate surface area is 139 Å². The van der Waals surface area contributed by atoms with Crippen molar-refractivity contribution in [3.63, 3.8) is 0 Å². The van der Waals surface area contributed by atoms with E-state index in [2.05, 4.69) is 46.8 Å². The van der Waals surface area contributed by atoms with Crippen molar-refractivity contribution in [3.05, 3.63) is 35.4 Å². The summed E-state index contributed by atoms with van der Waals surface area (Å²) >= 11 is 0. The lowest BCUT2D eigenvalue weighted by molar-refractivity contribution is 0.0243. The second-order valence-corrected chi connectivity index (χ2v) is 7.00. The van der Waals surface area contributed by atoms with E-state index < -0.39 is 0 Å². The molecule has 4 nitrogen and oxygen atoms in total. The molecule has 1 fully saturated rings. The summed E-state index contributed by atoms with van der Waals surface area (Å²) in [5, 5.41) is 6.93. The molecule has 2 N–H and O–H groups in total. The number of guanidine groups is 1. The first-order valence-electron chi connectivity index (χ1n) is 8.86. The largest absolute Gasteiger partial charge is 0.373 e. The third kappa shape index (κ3) is 4.05. The molecule has 0 amide bonds. The van der Waals surface area contributed by atoms with Gasteiger partial charge in [-0.1, -0.05) is 24.3 Å². The van der Waals surface area contributed by atoms with Gasteiger partial charge < -0.3 is 15.4 Å². The second-order valence-electron chi connectivity index (χ2n) is 7.00. The smallest absolute Gasteiger partial charge is 0.191 e. The van der Waals surface area contributed by atoms with Gasteiger partial charge in [-0.05, 0) is 50.2 Å². The van der Waals surface area contributed by atoms with Crippen molar-refractivity contribution in [2.45, 2.75) is 50.5 Å². The zero-order valence-corrected chi connectivity index (χ0v) is 14.4. The molecule has 1 aromatic rings. The van der Waals surface area contributed by atoms with Gasteiger partial charge in [0.1, 0.15) is 0 Å². The molecule has 0 aromatic heterocycles. The molecule has 0 radical (unpaired) electrons. The Morgan fingerprint density at radius 3 is 2.96 bits per heavy atom. The SMILES string of the molecule is CN=C(NCC1CCCc2ccccc21)NCC1(C)CCCO1. The van der Waals surface area contributed by atoms with E-state index in [1.807, 2.05) is 7.05 Å². The number of aryl methyl sites for hydroxylation is 1. The first-order chi connectivity index (χ1) is 11.2. The van der Waals surface area contributed by atoms with Crippen LogP contribution in [0.4, 0.5) is 0 Å². The van der Waals surface area contributed by atoms with Gasteiger partial charge >= 0.3 is 0 Å². The second kappa shape index (κ2) is 7.35. The van der Waals surface area contributed by atoms with Gasteiger partial charge in [0.25, 0.3) is 0 Å². The summed E-state index contributed by atoms with van der Waals surface area (Å²) in [5.41, 5.74) is 2.97. The molecule has 2 atom stereocenters. The number of nitrogens with one attached hydrogen (secondary N) is 2.